The molecule has 0 amide bonds. The van der Waals surface area contributed by atoms with E-state index in [9.17, 15) is 0 Å². The van der Waals surface area contributed by atoms with Crippen molar-refractivity contribution >= 4 is 29.9 Å². The Kier molecular flexibility index (Phi) is 12.7. The Bertz CT molecular complexity index is 492. The molecule has 25 heavy (non-hydrogen) atoms. The van der Waals surface area contributed by atoms with E-state index in [1.165, 1.54) is 5.56 Å². The summed E-state index contributed by atoms with van der Waals surface area (Å²) in [6.07, 6.45) is 0. The van der Waals surface area contributed by atoms with E-state index in [-0.39, 0.29) is 42.5 Å². The average Bonchev–Trinajstić information content (AvgIpc) is 2.58. The molecule has 0 aliphatic heterocycles. The van der Waals surface area contributed by atoms with Crippen LogP contribution in [0.4, 0.5) is 0 Å². The second kappa shape index (κ2) is 13.2. The van der Waals surface area contributed by atoms with Crippen LogP contribution in [0.2, 0.25) is 0 Å². The Balaban J connectivity index is 0.00000576. The maximum Gasteiger partial charge on any atom is 0.191 e. The maximum absolute atomic E-state index is 9.12. The molecule has 1 rings (SSSR count). The Hall–Kier alpha value is -1.02. The first-order valence-corrected chi connectivity index (χ1v) is 8.84. The van der Waals surface area contributed by atoms with E-state index in [0.717, 1.165) is 24.9 Å². The van der Waals surface area contributed by atoms with Crippen molar-refractivity contribution in [1.29, 1.82) is 0 Å². The third-order valence-corrected chi connectivity index (χ3v) is 3.53. The molecular weight excluding hydrogens is 429 g/mol. The number of hydrogen-bond donors (Lipinski definition) is 3. The van der Waals surface area contributed by atoms with E-state index in [1.54, 1.807) is 0 Å². The largest absolute Gasteiger partial charge is 0.493 e. The fourth-order valence-electron chi connectivity index (χ4n) is 2.03. The molecule has 0 heterocycles. The summed E-state index contributed by atoms with van der Waals surface area (Å²) in [6, 6.07) is 8.30. The molecule has 144 valence electrons. The normalized spacial score (nSPS) is 13.8. The Morgan fingerprint density at radius 1 is 1.16 bits per heavy atom. The highest BCUT2D eigenvalue weighted by atomic mass is 127. The average molecular weight is 463 g/mol. The van der Waals surface area contributed by atoms with Crippen LogP contribution in [-0.4, -0.2) is 37.4 Å². The van der Waals surface area contributed by atoms with Crippen molar-refractivity contribution in [3.05, 3.63) is 29.8 Å². The third-order valence-electron chi connectivity index (χ3n) is 3.53. The second-order valence-corrected chi connectivity index (χ2v) is 6.65. The van der Waals surface area contributed by atoms with Crippen molar-refractivity contribution in [3.63, 3.8) is 0 Å². The van der Waals surface area contributed by atoms with E-state index < -0.39 is 0 Å². The molecular formula is C19H34IN3O2. The maximum atomic E-state index is 9.12. The molecule has 2 unspecified atom stereocenters. The van der Waals surface area contributed by atoms with Crippen LogP contribution in [0.15, 0.2) is 29.3 Å². The predicted octanol–water partition coefficient (Wildman–Crippen LogP) is 3.58. The van der Waals surface area contributed by atoms with Crippen molar-refractivity contribution in [2.45, 2.75) is 40.7 Å². The zero-order chi connectivity index (χ0) is 17.9. The van der Waals surface area contributed by atoms with E-state index in [4.69, 9.17) is 9.84 Å². The van der Waals surface area contributed by atoms with E-state index in [1.807, 2.05) is 26.0 Å². The number of benzene rings is 1. The number of hydrogen-bond acceptors (Lipinski definition) is 3. The van der Waals surface area contributed by atoms with Gasteiger partial charge in [-0.2, -0.15) is 0 Å². The summed E-state index contributed by atoms with van der Waals surface area (Å²) in [5, 5.41) is 15.8. The number of aliphatic imine (C=N–C) groups is 1. The molecule has 3 N–H and O–H groups in total. The molecule has 5 nitrogen and oxygen atoms in total. The first-order chi connectivity index (χ1) is 11.5. The lowest BCUT2D eigenvalue weighted by Crippen LogP contribution is -2.39. The molecule has 0 bridgehead atoms. The SMILES string of the molecule is CCNC(=NCC(C)CO)NC(C)c1ccc(OCC(C)C)cc1.I. The number of aliphatic hydroxyl groups excluding tert-OH is 1. The molecule has 0 spiro atoms. The van der Waals surface area contributed by atoms with Gasteiger partial charge in [-0.1, -0.05) is 32.9 Å². The number of ether oxygens (including phenoxy) is 1. The summed E-state index contributed by atoms with van der Waals surface area (Å²) in [6.45, 7) is 12.7. The van der Waals surface area contributed by atoms with E-state index >= 15 is 0 Å². The van der Waals surface area contributed by atoms with Gasteiger partial charge in [0.05, 0.1) is 12.6 Å². The fourth-order valence-corrected chi connectivity index (χ4v) is 2.03. The summed E-state index contributed by atoms with van der Waals surface area (Å²) in [4.78, 5) is 4.53. The molecule has 0 saturated heterocycles. The zero-order valence-electron chi connectivity index (χ0n) is 16.1. The van der Waals surface area contributed by atoms with Crippen LogP contribution in [-0.2, 0) is 0 Å². The van der Waals surface area contributed by atoms with Crippen LogP contribution in [0.5, 0.6) is 5.75 Å². The van der Waals surface area contributed by atoms with Crippen LogP contribution in [0, 0.1) is 11.8 Å². The number of aliphatic hydroxyl groups is 1. The number of nitrogens with zero attached hydrogens (tertiary/aromatic N) is 1. The van der Waals surface area contributed by atoms with E-state index in [0.29, 0.717) is 12.5 Å². The van der Waals surface area contributed by atoms with Crippen LogP contribution >= 0.6 is 24.0 Å². The topological polar surface area (TPSA) is 65.9 Å². The monoisotopic (exact) mass is 463 g/mol. The van der Waals surface area contributed by atoms with Gasteiger partial charge in [0, 0.05) is 19.7 Å². The number of guanidine groups is 1. The minimum absolute atomic E-state index is 0. The molecule has 0 radical (unpaired) electrons. The smallest absolute Gasteiger partial charge is 0.191 e. The molecule has 0 aliphatic carbocycles. The molecule has 0 aliphatic rings. The quantitative estimate of drug-likeness (QED) is 0.298. The van der Waals surface area contributed by atoms with Crippen LogP contribution in [0.3, 0.4) is 0 Å². The molecule has 2 atom stereocenters. The zero-order valence-corrected chi connectivity index (χ0v) is 18.4. The highest BCUT2D eigenvalue weighted by Crippen LogP contribution is 2.18. The van der Waals surface area contributed by atoms with Crippen molar-refractivity contribution < 1.29 is 9.84 Å². The lowest BCUT2D eigenvalue weighted by atomic mass is 10.1. The van der Waals surface area contributed by atoms with Crippen molar-refractivity contribution in [3.8, 4) is 5.75 Å². The predicted molar refractivity (Wildman–Crippen MR) is 116 cm³/mol. The summed E-state index contributed by atoms with van der Waals surface area (Å²) < 4.78 is 5.72. The summed E-state index contributed by atoms with van der Waals surface area (Å²) in [7, 11) is 0. The molecule has 0 fully saturated rings. The standard InChI is InChI=1S/C19H33N3O2.HI/c1-6-20-19(21-11-15(4)12-23)22-16(5)17-7-9-18(10-8-17)24-13-14(2)3;/h7-10,14-16,23H,6,11-13H2,1-5H3,(H2,20,21,22);1H. The molecule has 1 aromatic rings. The van der Waals surface area contributed by atoms with Crippen molar-refractivity contribution in [2.24, 2.45) is 16.8 Å². The van der Waals surface area contributed by atoms with Gasteiger partial charge in [0.1, 0.15) is 5.75 Å². The molecule has 0 aromatic heterocycles. The summed E-state index contributed by atoms with van der Waals surface area (Å²) >= 11 is 0. The van der Waals surface area contributed by atoms with Crippen LogP contribution < -0.4 is 15.4 Å². The Morgan fingerprint density at radius 3 is 2.32 bits per heavy atom. The van der Waals surface area contributed by atoms with Gasteiger partial charge in [0.15, 0.2) is 5.96 Å². The highest BCUT2D eigenvalue weighted by molar-refractivity contribution is 14.0. The van der Waals surface area contributed by atoms with Gasteiger partial charge in [0.2, 0.25) is 0 Å². The van der Waals surface area contributed by atoms with Gasteiger partial charge in [-0.05, 0) is 43.4 Å². The molecule has 1 aromatic carbocycles. The second-order valence-electron chi connectivity index (χ2n) is 6.65. The minimum Gasteiger partial charge on any atom is -0.493 e. The van der Waals surface area contributed by atoms with Gasteiger partial charge in [-0.3, -0.25) is 4.99 Å². The first kappa shape index (κ1) is 24.0. The summed E-state index contributed by atoms with van der Waals surface area (Å²) in [5.74, 6) is 2.35. The van der Waals surface area contributed by atoms with Gasteiger partial charge in [-0.15, -0.1) is 24.0 Å². The molecule has 0 saturated carbocycles. The fraction of sp³-hybridized carbons (Fsp3) is 0.632. The number of halogens is 1. The van der Waals surface area contributed by atoms with Gasteiger partial charge in [0.25, 0.3) is 0 Å². The first-order valence-electron chi connectivity index (χ1n) is 8.84. The Morgan fingerprint density at radius 2 is 1.80 bits per heavy atom. The van der Waals surface area contributed by atoms with Crippen LogP contribution in [0.1, 0.15) is 46.2 Å². The van der Waals surface area contributed by atoms with E-state index in [2.05, 4.69) is 48.5 Å². The lowest BCUT2D eigenvalue weighted by Gasteiger charge is -2.19. The third kappa shape index (κ3) is 9.89. The summed E-state index contributed by atoms with van der Waals surface area (Å²) in [5.41, 5.74) is 1.17. The number of nitrogens with one attached hydrogen (secondary N) is 2. The lowest BCUT2D eigenvalue weighted by molar-refractivity contribution is 0.241. The Labute approximate surface area is 169 Å². The van der Waals surface area contributed by atoms with Gasteiger partial charge < -0.3 is 20.5 Å². The highest BCUT2D eigenvalue weighted by Gasteiger charge is 2.09. The minimum atomic E-state index is 0. The van der Waals surface area contributed by atoms with Gasteiger partial charge in [-0.25, -0.2) is 0 Å². The molecule has 6 heteroatoms. The van der Waals surface area contributed by atoms with Crippen molar-refractivity contribution in [1.82, 2.24) is 10.6 Å². The van der Waals surface area contributed by atoms with Crippen LogP contribution in [0.25, 0.3) is 0 Å². The number of rotatable bonds is 9. The van der Waals surface area contributed by atoms with Gasteiger partial charge >= 0.3 is 0 Å². The van der Waals surface area contributed by atoms with Crippen molar-refractivity contribution in [2.75, 3.05) is 26.3 Å².